The fraction of sp³-hybridized carbons (Fsp3) is 0.238. The molecule has 0 aliphatic carbocycles. The summed E-state index contributed by atoms with van der Waals surface area (Å²) in [6.45, 7) is 1.28. The molecule has 0 saturated heterocycles. The summed E-state index contributed by atoms with van der Waals surface area (Å²) in [6, 6.07) is 7.77. The highest BCUT2D eigenvalue weighted by atomic mass is 35.5. The van der Waals surface area contributed by atoms with Gasteiger partial charge in [-0.05, 0) is 25.1 Å². The molecule has 2 aromatic carbocycles. The standard InChI is InChI=1S/C21H16Cl2N2O7/c1-11-2-3-15-16(22)6-17(23)21(19(15)24-11)31-9-18(26)30-8-13-5-14(25(27)28)4-12-7-29-10-32-20(12)13/h2-6H,7-10H2,1H3. The third-order valence-electron chi connectivity index (χ3n) is 4.68. The number of esters is 1. The van der Waals surface area contributed by atoms with E-state index in [9.17, 15) is 14.9 Å². The van der Waals surface area contributed by atoms with Crippen LogP contribution in [0.15, 0.2) is 30.3 Å². The zero-order valence-corrected chi connectivity index (χ0v) is 18.2. The van der Waals surface area contributed by atoms with Gasteiger partial charge in [0.25, 0.3) is 5.69 Å². The maximum Gasteiger partial charge on any atom is 0.344 e. The first-order valence-corrected chi connectivity index (χ1v) is 10.1. The number of carbonyl (C=O) groups excluding carboxylic acids is 1. The van der Waals surface area contributed by atoms with Crippen LogP contribution in [0.1, 0.15) is 16.8 Å². The Balaban J connectivity index is 1.49. The van der Waals surface area contributed by atoms with Crippen LogP contribution in [0.5, 0.6) is 11.5 Å². The van der Waals surface area contributed by atoms with Crippen molar-refractivity contribution in [3.8, 4) is 11.5 Å². The summed E-state index contributed by atoms with van der Waals surface area (Å²) in [5.74, 6) is -0.0916. The first kappa shape index (κ1) is 22.1. The molecule has 0 fully saturated rings. The molecule has 1 aromatic heterocycles. The second-order valence-corrected chi connectivity index (χ2v) is 7.74. The first-order valence-electron chi connectivity index (χ1n) is 9.38. The number of benzene rings is 2. The molecule has 32 heavy (non-hydrogen) atoms. The minimum absolute atomic E-state index is 0.00340. The first-order chi connectivity index (χ1) is 15.3. The smallest absolute Gasteiger partial charge is 0.344 e. The lowest BCUT2D eigenvalue weighted by Gasteiger charge is -2.20. The number of pyridine rings is 1. The van der Waals surface area contributed by atoms with Crippen LogP contribution in [0.2, 0.25) is 10.0 Å². The number of nitrogens with zero attached hydrogens (tertiary/aromatic N) is 2. The van der Waals surface area contributed by atoms with E-state index in [1.807, 2.05) is 0 Å². The lowest BCUT2D eigenvalue weighted by Crippen LogP contribution is -2.17. The highest BCUT2D eigenvalue weighted by Gasteiger charge is 2.22. The molecule has 0 N–H and O–H groups in total. The van der Waals surface area contributed by atoms with Gasteiger partial charge in [0, 0.05) is 34.3 Å². The topological polar surface area (TPSA) is 110 Å². The van der Waals surface area contributed by atoms with E-state index in [0.717, 1.165) is 5.69 Å². The zero-order valence-electron chi connectivity index (χ0n) is 16.7. The fourth-order valence-electron chi connectivity index (χ4n) is 3.25. The van der Waals surface area contributed by atoms with Crippen molar-refractivity contribution in [2.24, 2.45) is 0 Å². The predicted molar refractivity (Wildman–Crippen MR) is 115 cm³/mol. The van der Waals surface area contributed by atoms with Gasteiger partial charge in [-0.3, -0.25) is 10.1 Å². The number of rotatable bonds is 6. The van der Waals surface area contributed by atoms with Gasteiger partial charge in [-0.25, -0.2) is 9.78 Å². The van der Waals surface area contributed by atoms with Crippen molar-refractivity contribution in [3.63, 3.8) is 0 Å². The van der Waals surface area contributed by atoms with Gasteiger partial charge in [-0.1, -0.05) is 23.2 Å². The van der Waals surface area contributed by atoms with Crippen molar-refractivity contribution in [1.82, 2.24) is 4.98 Å². The van der Waals surface area contributed by atoms with Gasteiger partial charge in [-0.2, -0.15) is 0 Å². The van der Waals surface area contributed by atoms with Crippen LogP contribution in [0.4, 0.5) is 5.69 Å². The van der Waals surface area contributed by atoms with Crippen LogP contribution < -0.4 is 9.47 Å². The molecule has 4 rings (SSSR count). The molecule has 0 amide bonds. The Morgan fingerprint density at radius 1 is 1.25 bits per heavy atom. The summed E-state index contributed by atoms with van der Waals surface area (Å²) in [6.07, 6.45) is 0. The summed E-state index contributed by atoms with van der Waals surface area (Å²) < 4.78 is 21.4. The lowest BCUT2D eigenvalue weighted by atomic mass is 10.1. The van der Waals surface area contributed by atoms with E-state index in [-0.39, 0.29) is 36.5 Å². The van der Waals surface area contributed by atoms with Crippen LogP contribution in [-0.4, -0.2) is 29.3 Å². The monoisotopic (exact) mass is 478 g/mol. The Hall–Kier alpha value is -3.14. The Morgan fingerprint density at radius 2 is 2.06 bits per heavy atom. The number of aromatic nitrogens is 1. The van der Waals surface area contributed by atoms with Gasteiger partial charge in [0.05, 0.1) is 21.6 Å². The van der Waals surface area contributed by atoms with Crippen molar-refractivity contribution in [1.29, 1.82) is 0 Å². The number of nitro benzene ring substituents is 1. The van der Waals surface area contributed by atoms with Gasteiger partial charge in [-0.15, -0.1) is 0 Å². The van der Waals surface area contributed by atoms with Crippen LogP contribution in [0.3, 0.4) is 0 Å². The number of hydrogen-bond acceptors (Lipinski definition) is 8. The SMILES string of the molecule is Cc1ccc2c(Cl)cc(Cl)c(OCC(=O)OCc3cc([N+](=O)[O-])cc4c3OCOC4)c2n1. The van der Waals surface area contributed by atoms with Crippen LogP contribution >= 0.6 is 23.2 Å². The van der Waals surface area contributed by atoms with Gasteiger partial charge < -0.3 is 18.9 Å². The highest BCUT2D eigenvalue weighted by Crippen LogP contribution is 2.37. The molecular weight excluding hydrogens is 463 g/mol. The average molecular weight is 479 g/mol. The largest absolute Gasteiger partial charge is 0.478 e. The average Bonchev–Trinajstić information content (AvgIpc) is 2.76. The Morgan fingerprint density at radius 3 is 2.84 bits per heavy atom. The Labute approximate surface area is 191 Å². The van der Waals surface area contributed by atoms with E-state index in [4.69, 9.17) is 42.1 Å². The number of aryl methyl sites for hydroxylation is 1. The Kier molecular flexibility index (Phi) is 6.31. The van der Waals surface area contributed by atoms with E-state index in [0.29, 0.717) is 32.8 Å². The van der Waals surface area contributed by atoms with Crippen molar-refractivity contribution in [2.45, 2.75) is 20.1 Å². The molecule has 9 nitrogen and oxygen atoms in total. The molecule has 0 saturated carbocycles. The normalized spacial score (nSPS) is 12.7. The molecule has 1 aliphatic rings. The quantitative estimate of drug-likeness (QED) is 0.283. The molecule has 2 heterocycles. The summed E-state index contributed by atoms with van der Waals surface area (Å²) in [7, 11) is 0. The third-order valence-corrected chi connectivity index (χ3v) is 5.28. The summed E-state index contributed by atoms with van der Waals surface area (Å²) in [5.41, 5.74) is 1.87. The van der Waals surface area contributed by atoms with Gasteiger partial charge in [0.1, 0.15) is 17.9 Å². The molecule has 0 radical (unpaired) electrons. The summed E-state index contributed by atoms with van der Waals surface area (Å²) >= 11 is 12.5. The second-order valence-electron chi connectivity index (χ2n) is 6.93. The maximum absolute atomic E-state index is 12.3. The number of hydrogen-bond donors (Lipinski definition) is 0. The highest BCUT2D eigenvalue weighted by molar-refractivity contribution is 6.39. The molecule has 166 valence electrons. The number of non-ortho nitro benzene ring substituents is 1. The summed E-state index contributed by atoms with van der Waals surface area (Å²) in [4.78, 5) is 27.4. The van der Waals surface area contributed by atoms with Crippen LogP contribution in [-0.2, 0) is 27.5 Å². The number of fused-ring (bicyclic) bond motifs is 2. The Bertz CT molecular complexity index is 1230. The fourth-order valence-corrected chi connectivity index (χ4v) is 3.82. The molecule has 11 heteroatoms. The van der Waals surface area contributed by atoms with E-state index in [1.165, 1.54) is 18.2 Å². The van der Waals surface area contributed by atoms with Gasteiger partial charge >= 0.3 is 5.97 Å². The minimum atomic E-state index is -0.705. The predicted octanol–water partition coefficient (Wildman–Crippen LogP) is 4.75. The van der Waals surface area contributed by atoms with E-state index >= 15 is 0 Å². The zero-order chi connectivity index (χ0) is 22.8. The number of nitro groups is 1. The van der Waals surface area contributed by atoms with Crippen molar-refractivity contribution in [2.75, 3.05) is 13.4 Å². The van der Waals surface area contributed by atoms with E-state index < -0.39 is 17.5 Å². The van der Waals surface area contributed by atoms with Gasteiger partial charge in [0.15, 0.2) is 19.1 Å². The van der Waals surface area contributed by atoms with Crippen molar-refractivity contribution >= 4 is 45.8 Å². The minimum Gasteiger partial charge on any atom is -0.478 e. The molecular formula is C21H16Cl2N2O7. The van der Waals surface area contributed by atoms with E-state index in [1.54, 1.807) is 19.1 Å². The molecule has 0 atom stereocenters. The summed E-state index contributed by atoms with van der Waals surface area (Å²) in [5, 5.41) is 12.4. The number of halogens is 2. The molecule has 0 bridgehead atoms. The number of carbonyl (C=O) groups is 1. The van der Waals surface area contributed by atoms with Crippen LogP contribution in [0.25, 0.3) is 10.9 Å². The molecule has 0 unspecified atom stereocenters. The number of ether oxygens (including phenoxy) is 4. The lowest BCUT2D eigenvalue weighted by molar-refractivity contribution is -0.385. The van der Waals surface area contributed by atoms with Crippen molar-refractivity contribution < 1.29 is 28.7 Å². The van der Waals surface area contributed by atoms with Crippen molar-refractivity contribution in [3.05, 3.63) is 67.3 Å². The van der Waals surface area contributed by atoms with Gasteiger partial charge in [0.2, 0.25) is 0 Å². The van der Waals surface area contributed by atoms with E-state index in [2.05, 4.69) is 4.98 Å². The molecule has 3 aromatic rings. The molecule has 0 spiro atoms. The third kappa shape index (κ3) is 4.55. The maximum atomic E-state index is 12.3. The van der Waals surface area contributed by atoms with Crippen LogP contribution in [0, 0.1) is 17.0 Å². The second kappa shape index (κ2) is 9.15. The molecule has 1 aliphatic heterocycles.